The van der Waals surface area contributed by atoms with Crippen LogP contribution in [0.5, 0.6) is 0 Å². The van der Waals surface area contributed by atoms with Gasteiger partial charge in [-0.05, 0) is 27.7 Å². The average Bonchev–Trinajstić information content (AvgIpc) is 2.72. The summed E-state index contributed by atoms with van der Waals surface area (Å²) in [7, 11) is 0. The van der Waals surface area contributed by atoms with Gasteiger partial charge in [0.15, 0.2) is 0 Å². The molecule has 1 aliphatic rings. The Kier molecular flexibility index (Phi) is 7.94. The summed E-state index contributed by atoms with van der Waals surface area (Å²) in [5.41, 5.74) is 5.15. The zero-order valence-corrected chi connectivity index (χ0v) is 18.2. The number of carbonyl (C=O) groups is 3. The molecular formula is C21H25N3O8. The van der Waals surface area contributed by atoms with Gasteiger partial charge in [0.2, 0.25) is 0 Å². The van der Waals surface area contributed by atoms with Gasteiger partial charge in [-0.25, -0.2) is 14.4 Å². The number of dihydropyridines is 1. The fourth-order valence-corrected chi connectivity index (χ4v) is 3.53. The molecule has 2 rings (SSSR count). The van der Waals surface area contributed by atoms with Gasteiger partial charge < -0.3 is 25.3 Å². The van der Waals surface area contributed by atoms with E-state index in [1.807, 2.05) is 0 Å². The maximum atomic E-state index is 13.1. The molecule has 2 unspecified atom stereocenters. The third-order valence-electron chi connectivity index (χ3n) is 4.73. The number of ether oxygens (including phenoxy) is 3. The molecule has 0 spiro atoms. The van der Waals surface area contributed by atoms with Crippen LogP contribution in [0.2, 0.25) is 0 Å². The first kappa shape index (κ1) is 24.4. The molecule has 0 radical (unpaired) electrons. The summed E-state index contributed by atoms with van der Waals surface area (Å²) >= 11 is 0. The number of amides is 1. The first-order chi connectivity index (χ1) is 15.1. The van der Waals surface area contributed by atoms with Gasteiger partial charge in [0, 0.05) is 17.3 Å². The Hall–Kier alpha value is -3.89. The summed E-state index contributed by atoms with van der Waals surface area (Å²) in [4.78, 5) is 48.4. The third kappa shape index (κ3) is 5.05. The van der Waals surface area contributed by atoms with E-state index in [1.54, 1.807) is 26.8 Å². The first-order valence-corrected chi connectivity index (χ1v) is 9.89. The standard InChI is InChI=1S/C21H25N3O8/c1-5-30-19(25)15-11(3)23-18(12(4)32-21(22)27)17(20(26)31-6-2)16(15)13-9-7-8-10-14(13)24(28)29/h7-10,12,16,23H,5-6H2,1-4H3,(H2,22,27). The summed E-state index contributed by atoms with van der Waals surface area (Å²) in [5.74, 6) is -2.82. The van der Waals surface area contributed by atoms with E-state index in [2.05, 4.69) is 5.32 Å². The molecular weight excluding hydrogens is 422 g/mol. The summed E-state index contributed by atoms with van der Waals surface area (Å²) in [5, 5.41) is 14.7. The Morgan fingerprint density at radius 1 is 1.12 bits per heavy atom. The van der Waals surface area contributed by atoms with E-state index in [0.29, 0.717) is 0 Å². The van der Waals surface area contributed by atoms with Crippen molar-refractivity contribution in [2.24, 2.45) is 5.73 Å². The summed E-state index contributed by atoms with van der Waals surface area (Å²) < 4.78 is 15.4. The van der Waals surface area contributed by atoms with E-state index in [0.717, 1.165) is 0 Å². The fraction of sp³-hybridized carbons (Fsp3) is 0.381. The molecule has 1 aromatic carbocycles. The second-order valence-electron chi connectivity index (χ2n) is 6.76. The molecule has 1 heterocycles. The molecule has 0 bridgehead atoms. The number of benzene rings is 1. The van der Waals surface area contributed by atoms with Crippen LogP contribution >= 0.6 is 0 Å². The topological polar surface area (TPSA) is 160 Å². The van der Waals surface area contributed by atoms with Gasteiger partial charge in [0.1, 0.15) is 6.10 Å². The van der Waals surface area contributed by atoms with E-state index in [-0.39, 0.29) is 47.0 Å². The van der Waals surface area contributed by atoms with Crippen molar-refractivity contribution in [3.63, 3.8) is 0 Å². The zero-order valence-electron chi connectivity index (χ0n) is 18.2. The van der Waals surface area contributed by atoms with E-state index < -0.39 is 35.0 Å². The van der Waals surface area contributed by atoms with Crippen molar-refractivity contribution in [3.05, 3.63) is 62.5 Å². The number of nitrogens with one attached hydrogen (secondary N) is 1. The van der Waals surface area contributed by atoms with Crippen LogP contribution in [0.3, 0.4) is 0 Å². The molecule has 0 aromatic heterocycles. The number of rotatable bonds is 8. The molecule has 0 aliphatic carbocycles. The van der Waals surface area contributed by atoms with Gasteiger partial charge >= 0.3 is 18.0 Å². The maximum absolute atomic E-state index is 13.1. The molecule has 1 aromatic rings. The highest BCUT2D eigenvalue weighted by Gasteiger charge is 2.43. The van der Waals surface area contributed by atoms with E-state index in [9.17, 15) is 24.5 Å². The van der Waals surface area contributed by atoms with Crippen LogP contribution in [-0.2, 0) is 23.8 Å². The average molecular weight is 447 g/mol. The Bertz CT molecular complexity index is 999. The number of hydrogen-bond acceptors (Lipinski definition) is 9. The highest BCUT2D eigenvalue weighted by molar-refractivity contribution is 6.00. The first-order valence-electron chi connectivity index (χ1n) is 9.89. The number of nitrogens with zero attached hydrogens (tertiary/aromatic N) is 1. The number of nitro groups is 1. The highest BCUT2D eigenvalue weighted by Crippen LogP contribution is 2.43. The number of nitro benzene ring substituents is 1. The predicted octanol–water partition coefficient (Wildman–Crippen LogP) is 2.42. The van der Waals surface area contributed by atoms with Crippen molar-refractivity contribution in [2.45, 2.75) is 39.7 Å². The minimum absolute atomic E-state index is 0.000715. The monoisotopic (exact) mass is 447 g/mol. The number of nitrogens with two attached hydrogens (primary N) is 1. The largest absolute Gasteiger partial charge is 0.463 e. The molecule has 1 aliphatic heterocycles. The quantitative estimate of drug-likeness (QED) is 0.264. The molecule has 11 nitrogen and oxygen atoms in total. The van der Waals surface area contributed by atoms with Crippen molar-refractivity contribution in [1.29, 1.82) is 0 Å². The minimum atomic E-state index is -1.22. The van der Waals surface area contributed by atoms with Crippen LogP contribution in [0, 0.1) is 10.1 Å². The maximum Gasteiger partial charge on any atom is 0.405 e. The van der Waals surface area contributed by atoms with Crippen LogP contribution in [0.25, 0.3) is 0 Å². The zero-order chi connectivity index (χ0) is 24.0. The van der Waals surface area contributed by atoms with Crippen LogP contribution in [-0.4, -0.2) is 42.3 Å². The Morgan fingerprint density at radius 2 is 1.69 bits per heavy atom. The molecule has 0 fully saturated rings. The van der Waals surface area contributed by atoms with Gasteiger partial charge in [-0.15, -0.1) is 0 Å². The van der Waals surface area contributed by atoms with Gasteiger partial charge in [0.05, 0.1) is 40.9 Å². The minimum Gasteiger partial charge on any atom is -0.463 e. The number of esters is 2. The van der Waals surface area contributed by atoms with E-state index >= 15 is 0 Å². The fourth-order valence-electron chi connectivity index (χ4n) is 3.53. The highest BCUT2D eigenvalue weighted by atomic mass is 16.6. The lowest BCUT2D eigenvalue weighted by molar-refractivity contribution is -0.385. The number of primary amides is 1. The molecule has 172 valence electrons. The Labute approximate surface area is 184 Å². The van der Waals surface area contributed by atoms with Gasteiger partial charge in [-0.2, -0.15) is 0 Å². The van der Waals surface area contributed by atoms with Crippen molar-refractivity contribution in [1.82, 2.24) is 5.32 Å². The number of carbonyl (C=O) groups excluding carboxylic acids is 3. The number of allylic oxidation sites excluding steroid dienone is 1. The van der Waals surface area contributed by atoms with E-state index in [4.69, 9.17) is 19.9 Å². The van der Waals surface area contributed by atoms with Gasteiger partial charge in [0.25, 0.3) is 5.69 Å². The van der Waals surface area contributed by atoms with Crippen molar-refractivity contribution < 1.29 is 33.5 Å². The Balaban J connectivity index is 2.88. The normalized spacial score (nSPS) is 16.7. The summed E-state index contributed by atoms with van der Waals surface area (Å²) in [6.45, 7) is 6.26. The van der Waals surface area contributed by atoms with Crippen LogP contribution in [0.15, 0.2) is 46.8 Å². The number of para-hydroxylation sites is 1. The van der Waals surface area contributed by atoms with Crippen LogP contribution in [0.4, 0.5) is 10.5 Å². The second-order valence-corrected chi connectivity index (χ2v) is 6.76. The summed E-state index contributed by atoms with van der Waals surface area (Å²) in [6, 6.07) is 5.73. The number of hydrogen-bond donors (Lipinski definition) is 2. The van der Waals surface area contributed by atoms with Crippen LogP contribution < -0.4 is 11.1 Å². The lowest BCUT2D eigenvalue weighted by Crippen LogP contribution is -2.38. The van der Waals surface area contributed by atoms with Crippen molar-refractivity contribution in [2.75, 3.05) is 13.2 Å². The molecule has 32 heavy (non-hydrogen) atoms. The molecule has 0 saturated carbocycles. The molecule has 0 saturated heterocycles. The predicted molar refractivity (Wildman–Crippen MR) is 112 cm³/mol. The molecule has 1 amide bonds. The van der Waals surface area contributed by atoms with Crippen molar-refractivity contribution in [3.8, 4) is 0 Å². The second kappa shape index (κ2) is 10.4. The van der Waals surface area contributed by atoms with Crippen molar-refractivity contribution >= 4 is 23.7 Å². The molecule has 3 N–H and O–H groups in total. The smallest absolute Gasteiger partial charge is 0.405 e. The van der Waals surface area contributed by atoms with Gasteiger partial charge in [-0.3, -0.25) is 10.1 Å². The lowest BCUT2D eigenvalue weighted by Gasteiger charge is -2.33. The SMILES string of the molecule is CCOC(=O)C1=C(C)NC(C(C)OC(N)=O)=C(C(=O)OCC)C1c1ccccc1[N+](=O)[O-]. The summed E-state index contributed by atoms with van der Waals surface area (Å²) in [6.07, 6.45) is -2.13. The Morgan fingerprint density at radius 3 is 2.22 bits per heavy atom. The van der Waals surface area contributed by atoms with Gasteiger partial charge in [-0.1, -0.05) is 18.2 Å². The third-order valence-corrected chi connectivity index (χ3v) is 4.73. The van der Waals surface area contributed by atoms with E-state index in [1.165, 1.54) is 25.1 Å². The lowest BCUT2D eigenvalue weighted by atomic mass is 9.79. The molecule has 2 atom stereocenters. The van der Waals surface area contributed by atoms with Crippen LogP contribution in [0.1, 0.15) is 39.2 Å². The molecule has 11 heteroatoms.